The molecule has 0 saturated carbocycles. The molecule has 3 nitrogen and oxygen atoms in total. The van der Waals surface area contributed by atoms with Crippen LogP contribution in [-0.2, 0) is 6.61 Å². The van der Waals surface area contributed by atoms with Gasteiger partial charge in [0.15, 0.2) is 0 Å². The van der Waals surface area contributed by atoms with Crippen LogP contribution in [0.2, 0.25) is 0 Å². The molecule has 0 heterocycles. The molecule has 0 aliphatic rings. The highest BCUT2D eigenvalue weighted by atomic mass is 16.5. The highest BCUT2D eigenvalue weighted by Gasteiger charge is 2.08. The SMILES string of the molecule is COc1ccc(N)cc1COc1c(C)cc(C)cc1C. The third-order valence-electron chi connectivity index (χ3n) is 3.28. The van der Waals surface area contributed by atoms with Crippen LogP contribution < -0.4 is 15.2 Å². The topological polar surface area (TPSA) is 44.5 Å². The molecule has 0 amide bonds. The zero-order chi connectivity index (χ0) is 14.7. The Balaban J connectivity index is 2.23. The first-order valence-corrected chi connectivity index (χ1v) is 6.64. The summed E-state index contributed by atoms with van der Waals surface area (Å²) in [5.41, 5.74) is 11.0. The van der Waals surface area contributed by atoms with Gasteiger partial charge in [0.2, 0.25) is 0 Å². The van der Waals surface area contributed by atoms with Crippen molar-refractivity contribution in [2.24, 2.45) is 0 Å². The summed E-state index contributed by atoms with van der Waals surface area (Å²) in [6.45, 7) is 6.65. The summed E-state index contributed by atoms with van der Waals surface area (Å²) in [4.78, 5) is 0. The van der Waals surface area contributed by atoms with Gasteiger partial charge in [-0.3, -0.25) is 0 Å². The Morgan fingerprint density at radius 1 is 1.00 bits per heavy atom. The molecule has 106 valence electrons. The number of nitrogens with two attached hydrogens (primary N) is 1. The summed E-state index contributed by atoms with van der Waals surface area (Å²) in [6, 6.07) is 9.82. The van der Waals surface area contributed by atoms with Crippen molar-refractivity contribution in [2.45, 2.75) is 27.4 Å². The van der Waals surface area contributed by atoms with Gasteiger partial charge in [0, 0.05) is 11.3 Å². The molecule has 0 unspecified atom stereocenters. The number of nitrogen functional groups attached to an aromatic ring is 1. The van der Waals surface area contributed by atoms with Crippen LogP contribution in [0, 0.1) is 20.8 Å². The molecule has 0 atom stereocenters. The fraction of sp³-hybridized carbons (Fsp3) is 0.294. The van der Waals surface area contributed by atoms with Gasteiger partial charge >= 0.3 is 0 Å². The van der Waals surface area contributed by atoms with E-state index in [9.17, 15) is 0 Å². The Bertz CT molecular complexity index is 597. The number of ether oxygens (including phenoxy) is 2. The molecule has 0 fully saturated rings. The van der Waals surface area contributed by atoms with E-state index < -0.39 is 0 Å². The third-order valence-corrected chi connectivity index (χ3v) is 3.28. The summed E-state index contributed by atoms with van der Waals surface area (Å²) >= 11 is 0. The van der Waals surface area contributed by atoms with Gasteiger partial charge in [-0.25, -0.2) is 0 Å². The quantitative estimate of drug-likeness (QED) is 0.861. The number of anilines is 1. The zero-order valence-electron chi connectivity index (χ0n) is 12.5. The minimum absolute atomic E-state index is 0.443. The summed E-state index contributed by atoms with van der Waals surface area (Å²) < 4.78 is 11.3. The number of hydrogen-bond acceptors (Lipinski definition) is 3. The smallest absolute Gasteiger partial charge is 0.125 e. The fourth-order valence-electron chi connectivity index (χ4n) is 2.46. The van der Waals surface area contributed by atoms with Crippen LogP contribution in [0.5, 0.6) is 11.5 Å². The van der Waals surface area contributed by atoms with Gasteiger partial charge in [0.05, 0.1) is 7.11 Å². The van der Waals surface area contributed by atoms with Gasteiger partial charge in [-0.05, 0) is 50.1 Å². The second kappa shape index (κ2) is 5.87. The van der Waals surface area contributed by atoms with Crippen LogP contribution >= 0.6 is 0 Å². The van der Waals surface area contributed by atoms with E-state index in [1.807, 2.05) is 18.2 Å². The van der Waals surface area contributed by atoms with Crippen LogP contribution in [0.3, 0.4) is 0 Å². The second-order valence-electron chi connectivity index (χ2n) is 5.09. The van der Waals surface area contributed by atoms with Crippen LogP contribution in [-0.4, -0.2) is 7.11 Å². The van der Waals surface area contributed by atoms with E-state index in [1.54, 1.807) is 7.11 Å². The molecule has 0 aliphatic heterocycles. The van der Waals surface area contributed by atoms with E-state index in [2.05, 4.69) is 32.9 Å². The maximum absolute atomic E-state index is 5.97. The summed E-state index contributed by atoms with van der Waals surface area (Å²) in [6.07, 6.45) is 0. The van der Waals surface area contributed by atoms with E-state index in [4.69, 9.17) is 15.2 Å². The molecule has 2 aromatic carbocycles. The first-order chi connectivity index (χ1) is 9.51. The minimum Gasteiger partial charge on any atom is -0.496 e. The van der Waals surface area contributed by atoms with E-state index in [0.29, 0.717) is 12.3 Å². The first kappa shape index (κ1) is 14.3. The van der Waals surface area contributed by atoms with Crippen molar-refractivity contribution in [1.29, 1.82) is 0 Å². The fourth-order valence-corrected chi connectivity index (χ4v) is 2.46. The molecule has 0 bridgehead atoms. The van der Waals surface area contributed by atoms with Gasteiger partial charge in [-0.2, -0.15) is 0 Å². The van der Waals surface area contributed by atoms with Gasteiger partial charge in [0.25, 0.3) is 0 Å². The highest BCUT2D eigenvalue weighted by Crippen LogP contribution is 2.28. The molecule has 0 radical (unpaired) electrons. The van der Waals surface area contributed by atoms with Crippen molar-refractivity contribution in [3.05, 3.63) is 52.6 Å². The van der Waals surface area contributed by atoms with Gasteiger partial charge in [-0.1, -0.05) is 17.7 Å². The molecule has 2 aromatic rings. The van der Waals surface area contributed by atoms with Gasteiger partial charge < -0.3 is 15.2 Å². The van der Waals surface area contributed by atoms with Gasteiger partial charge in [-0.15, -0.1) is 0 Å². The van der Waals surface area contributed by atoms with E-state index in [0.717, 1.165) is 28.2 Å². The summed E-state index contributed by atoms with van der Waals surface area (Å²) in [7, 11) is 1.65. The second-order valence-corrected chi connectivity index (χ2v) is 5.09. The van der Waals surface area contributed by atoms with Crippen molar-refractivity contribution >= 4 is 5.69 Å². The number of rotatable bonds is 4. The predicted molar refractivity (Wildman–Crippen MR) is 82.4 cm³/mol. The number of benzene rings is 2. The molecule has 20 heavy (non-hydrogen) atoms. The van der Waals surface area contributed by atoms with Crippen LogP contribution in [0.1, 0.15) is 22.3 Å². The number of methoxy groups -OCH3 is 1. The monoisotopic (exact) mass is 271 g/mol. The highest BCUT2D eigenvalue weighted by molar-refractivity contribution is 5.48. The van der Waals surface area contributed by atoms with Crippen LogP contribution in [0.15, 0.2) is 30.3 Å². The molecule has 2 N–H and O–H groups in total. The maximum Gasteiger partial charge on any atom is 0.125 e. The molecule has 0 spiro atoms. The van der Waals surface area contributed by atoms with Crippen LogP contribution in [0.4, 0.5) is 5.69 Å². The molecular weight excluding hydrogens is 250 g/mol. The molecule has 3 heteroatoms. The van der Waals surface area contributed by atoms with E-state index >= 15 is 0 Å². The number of hydrogen-bond donors (Lipinski definition) is 1. The lowest BCUT2D eigenvalue weighted by atomic mass is 10.1. The summed E-state index contributed by atoms with van der Waals surface area (Å²) in [5.74, 6) is 1.72. The summed E-state index contributed by atoms with van der Waals surface area (Å²) in [5, 5.41) is 0. The average molecular weight is 271 g/mol. The molecule has 0 aliphatic carbocycles. The Morgan fingerprint density at radius 3 is 2.25 bits per heavy atom. The molecular formula is C17H21NO2. The van der Waals surface area contributed by atoms with Crippen molar-refractivity contribution in [2.75, 3.05) is 12.8 Å². The van der Waals surface area contributed by atoms with Crippen molar-refractivity contribution in [3.8, 4) is 11.5 Å². The lowest BCUT2D eigenvalue weighted by Gasteiger charge is -2.15. The zero-order valence-corrected chi connectivity index (χ0v) is 12.5. The Kier molecular flexibility index (Phi) is 4.18. The maximum atomic E-state index is 5.97. The van der Waals surface area contributed by atoms with Crippen LogP contribution in [0.25, 0.3) is 0 Å². The first-order valence-electron chi connectivity index (χ1n) is 6.64. The average Bonchev–Trinajstić information content (AvgIpc) is 2.37. The van der Waals surface area contributed by atoms with Gasteiger partial charge in [0.1, 0.15) is 18.1 Å². The normalized spacial score (nSPS) is 10.4. The lowest BCUT2D eigenvalue weighted by Crippen LogP contribution is -2.02. The van der Waals surface area contributed by atoms with Crippen molar-refractivity contribution < 1.29 is 9.47 Å². The largest absolute Gasteiger partial charge is 0.496 e. The van der Waals surface area contributed by atoms with E-state index in [1.165, 1.54) is 5.56 Å². The Hall–Kier alpha value is -2.16. The standard InChI is InChI=1S/C17H21NO2/c1-11-7-12(2)17(13(3)8-11)20-10-14-9-15(18)5-6-16(14)19-4/h5-9H,10,18H2,1-4H3. The van der Waals surface area contributed by atoms with Crippen molar-refractivity contribution in [1.82, 2.24) is 0 Å². The molecule has 2 rings (SSSR count). The minimum atomic E-state index is 0.443. The lowest BCUT2D eigenvalue weighted by molar-refractivity contribution is 0.293. The Labute approximate surface area is 120 Å². The molecule has 0 saturated heterocycles. The third kappa shape index (κ3) is 3.05. The Morgan fingerprint density at radius 2 is 1.65 bits per heavy atom. The van der Waals surface area contributed by atoms with Crippen molar-refractivity contribution in [3.63, 3.8) is 0 Å². The predicted octanol–water partition coefficient (Wildman–Crippen LogP) is 3.78. The number of aryl methyl sites for hydroxylation is 3. The van der Waals surface area contributed by atoms with E-state index in [-0.39, 0.29) is 0 Å². The molecule has 0 aromatic heterocycles.